The molecule has 0 heterocycles. The fourth-order valence-corrected chi connectivity index (χ4v) is 3.17. The van der Waals surface area contributed by atoms with Crippen molar-refractivity contribution in [2.75, 3.05) is 18.5 Å². The van der Waals surface area contributed by atoms with Gasteiger partial charge in [0.05, 0.1) is 23.2 Å². The van der Waals surface area contributed by atoms with Crippen LogP contribution >= 0.6 is 28.1 Å². The van der Waals surface area contributed by atoms with Crippen molar-refractivity contribution < 1.29 is 19.1 Å². The molecule has 0 saturated carbocycles. The maximum Gasteiger partial charge on any atom is 0.338 e. The Hall–Kier alpha value is -2.45. The van der Waals surface area contributed by atoms with Gasteiger partial charge in [0.15, 0.2) is 5.11 Å². The molecule has 0 unspecified atom stereocenters. The number of nitrogens with one attached hydrogen (secondary N) is 2. The normalized spacial score (nSPS) is 10.5. The molecule has 8 heteroatoms. The van der Waals surface area contributed by atoms with Gasteiger partial charge in [-0.15, -0.1) is 0 Å². The fourth-order valence-electron chi connectivity index (χ4n) is 2.47. The lowest BCUT2D eigenvalue weighted by Gasteiger charge is -2.12. The lowest BCUT2D eigenvalue weighted by atomic mass is 10.1. The van der Waals surface area contributed by atoms with Crippen LogP contribution in [-0.2, 0) is 4.74 Å². The number of ether oxygens (including phenoxy) is 2. The number of benzene rings is 2. The summed E-state index contributed by atoms with van der Waals surface area (Å²) in [7, 11) is 0. The highest BCUT2D eigenvalue weighted by Crippen LogP contribution is 2.26. The molecular weight excluding hydrogens is 480 g/mol. The molecule has 0 aliphatic rings. The molecule has 0 aromatic heterocycles. The van der Waals surface area contributed by atoms with Crippen LogP contribution < -0.4 is 15.4 Å². The SMILES string of the molecule is CCCOC(=O)c1ccc(NC(=S)NC(=O)c2ccc(OCCC(C)C)c(Br)c2)cc1. The summed E-state index contributed by atoms with van der Waals surface area (Å²) in [6.45, 7) is 7.21. The minimum absolute atomic E-state index is 0.152. The number of hydrogen-bond acceptors (Lipinski definition) is 5. The van der Waals surface area contributed by atoms with Gasteiger partial charge in [0.1, 0.15) is 5.75 Å². The molecule has 0 spiro atoms. The zero-order valence-electron chi connectivity index (χ0n) is 17.9. The minimum atomic E-state index is -0.369. The maximum atomic E-state index is 12.5. The first-order chi connectivity index (χ1) is 14.8. The van der Waals surface area contributed by atoms with Crippen molar-refractivity contribution in [2.45, 2.75) is 33.6 Å². The van der Waals surface area contributed by atoms with Crippen molar-refractivity contribution in [1.82, 2.24) is 5.32 Å². The van der Waals surface area contributed by atoms with E-state index < -0.39 is 0 Å². The number of anilines is 1. The Morgan fingerprint density at radius 2 is 1.74 bits per heavy atom. The molecule has 166 valence electrons. The third kappa shape index (κ3) is 8.30. The van der Waals surface area contributed by atoms with Gasteiger partial charge in [0.25, 0.3) is 5.91 Å². The van der Waals surface area contributed by atoms with Crippen LogP contribution in [0.3, 0.4) is 0 Å². The Morgan fingerprint density at radius 3 is 2.35 bits per heavy atom. The predicted octanol–water partition coefficient (Wildman–Crippen LogP) is 5.57. The molecule has 0 aliphatic carbocycles. The van der Waals surface area contributed by atoms with Gasteiger partial charge in [0.2, 0.25) is 0 Å². The van der Waals surface area contributed by atoms with E-state index in [0.717, 1.165) is 12.8 Å². The van der Waals surface area contributed by atoms with Crippen molar-refractivity contribution >= 4 is 50.8 Å². The van der Waals surface area contributed by atoms with Crippen LogP contribution in [0.25, 0.3) is 0 Å². The van der Waals surface area contributed by atoms with Gasteiger partial charge in [-0.3, -0.25) is 10.1 Å². The van der Waals surface area contributed by atoms with E-state index in [0.29, 0.717) is 46.2 Å². The second-order valence-corrected chi connectivity index (χ2v) is 8.56. The van der Waals surface area contributed by atoms with Crippen molar-refractivity contribution in [3.8, 4) is 5.75 Å². The Kier molecular flexibility index (Phi) is 9.94. The zero-order chi connectivity index (χ0) is 22.8. The van der Waals surface area contributed by atoms with E-state index in [2.05, 4.69) is 40.4 Å². The topological polar surface area (TPSA) is 76.7 Å². The van der Waals surface area contributed by atoms with Crippen molar-refractivity contribution in [2.24, 2.45) is 5.92 Å². The number of halogens is 1. The van der Waals surface area contributed by atoms with Crippen LogP contribution in [0.1, 0.15) is 54.3 Å². The lowest BCUT2D eigenvalue weighted by molar-refractivity contribution is 0.0505. The van der Waals surface area contributed by atoms with E-state index in [-0.39, 0.29) is 17.0 Å². The summed E-state index contributed by atoms with van der Waals surface area (Å²) in [5.41, 5.74) is 1.54. The lowest BCUT2D eigenvalue weighted by Crippen LogP contribution is -2.34. The van der Waals surface area contributed by atoms with Gasteiger partial charge in [0, 0.05) is 11.3 Å². The monoisotopic (exact) mass is 506 g/mol. The number of esters is 1. The van der Waals surface area contributed by atoms with Crippen LogP contribution in [-0.4, -0.2) is 30.2 Å². The number of carbonyl (C=O) groups excluding carboxylic acids is 2. The van der Waals surface area contributed by atoms with Crippen molar-refractivity contribution in [1.29, 1.82) is 0 Å². The maximum absolute atomic E-state index is 12.5. The first-order valence-corrected chi connectivity index (χ1v) is 11.3. The van der Waals surface area contributed by atoms with Crippen LogP contribution in [0, 0.1) is 5.92 Å². The summed E-state index contributed by atoms with van der Waals surface area (Å²) < 4.78 is 11.5. The molecule has 0 radical (unpaired) electrons. The summed E-state index contributed by atoms with van der Waals surface area (Å²) in [5.74, 6) is 0.539. The molecule has 2 aromatic rings. The van der Waals surface area contributed by atoms with Crippen LogP contribution in [0.15, 0.2) is 46.9 Å². The van der Waals surface area contributed by atoms with E-state index in [1.807, 2.05) is 6.92 Å². The zero-order valence-corrected chi connectivity index (χ0v) is 20.3. The van der Waals surface area contributed by atoms with E-state index in [1.54, 1.807) is 42.5 Å². The number of hydrogen-bond donors (Lipinski definition) is 2. The summed E-state index contributed by atoms with van der Waals surface area (Å²) in [5, 5.41) is 5.72. The highest BCUT2D eigenvalue weighted by Gasteiger charge is 2.12. The third-order valence-corrected chi connectivity index (χ3v) is 5.01. The van der Waals surface area contributed by atoms with Gasteiger partial charge < -0.3 is 14.8 Å². The molecule has 0 saturated heterocycles. The van der Waals surface area contributed by atoms with Gasteiger partial charge >= 0.3 is 5.97 Å². The number of amides is 1. The molecule has 0 bridgehead atoms. The number of rotatable bonds is 9. The quantitative estimate of drug-likeness (QED) is 0.342. The Bertz CT molecular complexity index is 916. The summed E-state index contributed by atoms with van der Waals surface area (Å²) >= 11 is 8.67. The highest BCUT2D eigenvalue weighted by molar-refractivity contribution is 9.10. The molecule has 0 atom stereocenters. The molecule has 0 fully saturated rings. The Morgan fingerprint density at radius 1 is 1.06 bits per heavy atom. The summed E-state index contributed by atoms with van der Waals surface area (Å²) in [4.78, 5) is 24.3. The van der Waals surface area contributed by atoms with Crippen molar-refractivity contribution in [3.05, 3.63) is 58.1 Å². The van der Waals surface area contributed by atoms with Crippen LogP contribution in [0.2, 0.25) is 0 Å². The minimum Gasteiger partial charge on any atom is -0.492 e. The van der Waals surface area contributed by atoms with Gasteiger partial charge in [-0.2, -0.15) is 0 Å². The highest BCUT2D eigenvalue weighted by atomic mass is 79.9. The van der Waals surface area contributed by atoms with E-state index in [4.69, 9.17) is 21.7 Å². The first kappa shape index (κ1) is 24.8. The Balaban J connectivity index is 1.90. The molecule has 0 aliphatic heterocycles. The Labute approximate surface area is 196 Å². The van der Waals surface area contributed by atoms with E-state index >= 15 is 0 Å². The second-order valence-electron chi connectivity index (χ2n) is 7.30. The standard InChI is InChI=1S/C23H27BrN2O4S/c1-4-12-30-22(28)16-5-8-18(9-6-16)25-23(31)26-21(27)17-7-10-20(19(24)14-17)29-13-11-15(2)3/h5-10,14-15H,4,11-13H2,1-3H3,(H2,25,26,27,31). The van der Waals surface area contributed by atoms with Crippen LogP contribution in [0.4, 0.5) is 5.69 Å². The second kappa shape index (κ2) is 12.4. The molecule has 2 rings (SSSR count). The average molecular weight is 507 g/mol. The predicted molar refractivity (Wildman–Crippen MR) is 130 cm³/mol. The van der Waals surface area contributed by atoms with Crippen LogP contribution in [0.5, 0.6) is 5.75 Å². The largest absolute Gasteiger partial charge is 0.492 e. The third-order valence-electron chi connectivity index (χ3n) is 4.19. The molecule has 2 N–H and O–H groups in total. The van der Waals surface area contributed by atoms with E-state index in [1.165, 1.54) is 0 Å². The fraction of sp³-hybridized carbons (Fsp3) is 0.348. The van der Waals surface area contributed by atoms with Gasteiger partial charge in [-0.05, 0) is 89.4 Å². The number of thiocarbonyl (C=S) groups is 1. The smallest absolute Gasteiger partial charge is 0.338 e. The van der Waals surface area contributed by atoms with E-state index in [9.17, 15) is 9.59 Å². The summed E-state index contributed by atoms with van der Waals surface area (Å²) in [6, 6.07) is 11.8. The molecule has 1 amide bonds. The molecular formula is C23H27BrN2O4S. The summed E-state index contributed by atoms with van der Waals surface area (Å²) in [6.07, 6.45) is 1.72. The van der Waals surface area contributed by atoms with Gasteiger partial charge in [-0.1, -0.05) is 20.8 Å². The average Bonchev–Trinajstić information content (AvgIpc) is 2.73. The first-order valence-electron chi connectivity index (χ1n) is 10.1. The molecule has 31 heavy (non-hydrogen) atoms. The van der Waals surface area contributed by atoms with Gasteiger partial charge in [-0.25, -0.2) is 4.79 Å². The number of carbonyl (C=O) groups is 2. The van der Waals surface area contributed by atoms with Crippen molar-refractivity contribution in [3.63, 3.8) is 0 Å². The molecule has 6 nitrogen and oxygen atoms in total. The molecule has 2 aromatic carbocycles.